The molecule has 1 fully saturated rings. The molecule has 0 aliphatic carbocycles. The lowest BCUT2D eigenvalue weighted by Crippen LogP contribution is -2.35. The summed E-state index contributed by atoms with van der Waals surface area (Å²) >= 11 is 0. The van der Waals surface area contributed by atoms with E-state index in [1.54, 1.807) is 29.2 Å². The molecule has 0 atom stereocenters. The summed E-state index contributed by atoms with van der Waals surface area (Å²) in [6.07, 6.45) is 2.38. The minimum atomic E-state index is -0.529. The minimum absolute atomic E-state index is 0.0104. The molecule has 0 bridgehead atoms. The topological polar surface area (TPSA) is 83.7 Å². The Balaban J connectivity index is 1.82. The van der Waals surface area contributed by atoms with E-state index in [2.05, 4.69) is 0 Å². The fourth-order valence-electron chi connectivity index (χ4n) is 3.21. The highest BCUT2D eigenvalue weighted by atomic mass is 19.1. The maximum absolute atomic E-state index is 13.2. The highest BCUT2D eigenvalue weighted by Gasteiger charge is 2.22. The van der Waals surface area contributed by atoms with E-state index < -0.39 is 11.7 Å². The Morgan fingerprint density at radius 3 is 2.32 bits per heavy atom. The largest absolute Gasteiger partial charge is 0.370 e. The first-order chi connectivity index (χ1) is 13.5. The summed E-state index contributed by atoms with van der Waals surface area (Å²) in [5, 5.41) is 0. The van der Waals surface area contributed by atoms with E-state index in [1.165, 1.54) is 29.2 Å². The fourth-order valence-corrected chi connectivity index (χ4v) is 3.21. The van der Waals surface area contributed by atoms with Gasteiger partial charge in [0.15, 0.2) is 0 Å². The smallest absolute Gasteiger partial charge is 0.258 e. The highest BCUT2D eigenvalue weighted by Crippen LogP contribution is 2.23. The first-order valence-corrected chi connectivity index (χ1v) is 9.22. The van der Waals surface area contributed by atoms with Gasteiger partial charge in [-0.15, -0.1) is 0 Å². The lowest BCUT2D eigenvalue weighted by atomic mass is 10.1. The Hall–Kier alpha value is -3.22. The fraction of sp³-hybridized carbons (Fsp3) is 0.286. The average molecular weight is 383 g/mol. The van der Waals surface area contributed by atoms with Gasteiger partial charge < -0.3 is 15.5 Å². The van der Waals surface area contributed by atoms with E-state index >= 15 is 0 Å². The molecule has 1 heterocycles. The highest BCUT2D eigenvalue weighted by molar-refractivity contribution is 6.06. The summed E-state index contributed by atoms with van der Waals surface area (Å²) in [7, 11) is 0. The minimum Gasteiger partial charge on any atom is -0.370 e. The summed E-state index contributed by atoms with van der Waals surface area (Å²) in [4.78, 5) is 39.4. The van der Waals surface area contributed by atoms with E-state index in [1.807, 2.05) is 0 Å². The molecule has 6 nitrogen and oxygen atoms in total. The van der Waals surface area contributed by atoms with E-state index in [9.17, 15) is 18.8 Å². The number of nitrogens with zero attached hydrogens (tertiary/aromatic N) is 2. The molecule has 2 N–H and O–H groups in total. The van der Waals surface area contributed by atoms with Crippen molar-refractivity contribution in [2.24, 2.45) is 5.73 Å². The van der Waals surface area contributed by atoms with Gasteiger partial charge in [-0.05, 0) is 61.4 Å². The van der Waals surface area contributed by atoms with E-state index in [-0.39, 0.29) is 24.8 Å². The number of carbonyl (C=O) groups excluding carboxylic acids is 3. The van der Waals surface area contributed by atoms with Gasteiger partial charge in [0.1, 0.15) is 5.82 Å². The first kappa shape index (κ1) is 19.5. The van der Waals surface area contributed by atoms with Crippen LogP contribution in [0.2, 0.25) is 0 Å². The average Bonchev–Trinajstić information content (AvgIpc) is 2.69. The van der Waals surface area contributed by atoms with Crippen LogP contribution in [0, 0.1) is 5.82 Å². The predicted octanol–water partition coefficient (Wildman–Crippen LogP) is 2.86. The van der Waals surface area contributed by atoms with Gasteiger partial charge in [0.05, 0.1) is 0 Å². The van der Waals surface area contributed by atoms with Crippen LogP contribution in [0.4, 0.5) is 15.8 Å². The van der Waals surface area contributed by atoms with Crippen LogP contribution in [0.3, 0.4) is 0 Å². The van der Waals surface area contributed by atoms with Crippen molar-refractivity contribution < 1.29 is 18.8 Å². The molecule has 3 amide bonds. The second-order valence-corrected chi connectivity index (χ2v) is 6.70. The maximum atomic E-state index is 13.2. The molecule has 1 aliphatic rings. The molecule has 7 heteroatoms. The Kier molecular flexibility index (Phi) is 6.03. The number of carbonyl (C=O) groups is 3. The number of amides is 3. The van der Waals surface area contributed by atoms with Crippen LogP contribution in [0.15, 0.2) is 48.5 Å². The van der Waals surface area contributed by atoms with Crippen molar-refractivity contribution in [1.29, 1.82) is 0 Å². The second-order valence-electron chi connectivity index (χ2n) is 6.70. The van der Waals surface area contributed by atoms with Crippen LogP contribution in [-0.2, 0) is 9.59 Å². The molecule has 0 spiro atoms. The summed E-state index contributed by atoms with van der Waals surface area (Å²) in [6.45, 7) is 0.763. The number of halogens is 1. The number of benzene rings is 2. The molecule has 0 radical (unpaired) electrons. The maximum Gasteiger partial charge on any atom is 0.258 e. The van der Waals surface area contributed by atoms with Crippen LogP contribution in [0.1, 0.15) is 36.0 Å². The van der Waals surface area contributed by atoms with Crippen molar-refractivity contribution in [3.05, 3.63) is 59.9 Å². The quantitative estimate of drug-likeness (QED) is 0.833. The number of primary amides is 1. The van der Waals surface area contributed by atoms with Gasteiger partial charge in [0, 0.05) is 42.9 Å². The van der Waals surface area contributed by atoms with Gasteiger partial charge in [0.2, 0.25) is 11.8 Å². The molecular formula is C21H22FN3O3. The van der Waals surface area contributed by atoms with E-state index in [0.29, 0.717) is 24.2 Å². The standard InChI is InChI=1S/C21H22FN3O3/c22-16-6-10-18(11-7-16)25(14-12-19(23)26)21(28)15-4-8-17(9-5-15)24-13-2-1-3-20(24)27/h4-11H,1-3,12-14H2,(H2,23,26). The van der Waals surface area contributed by atoms with Crippen LogP contribution in [-0.4, -0.2) is 30.8 Å². The summed E-state index contributed by atoms with van der Waals surface area (Å²) < 4.78 is 13.2. The molecule has 28 heavy (non-hydrogen) atoms. The van der Waals surface area contributed by atoms with Crippen LogP contribution in [0.25, 0.3) is 0 Å². The van der Waals surface area contributed by atoms with Gasteiger partial charge in [-0.1, -0.05) is 0 Å². The van der Waals surface area contributed by atoms with Crippen molar-refractivity contribution >= 4 is 29.1 Å². The van der Waals surface area contributed by atoms with Crippen LogP contribution < -0.4 is 15.5 Å². The third-order valence-corrected chi connectivity index (χ3v) is 4.71. The Morgan fingerprint density at radius 2 is 1.71 bits per heavy atom. The number of rotatable bonds is 6. The SMILES string of the molecule is NC(=O)CCN(C(=O)c1ccc(N2CCCCC2=O)cc1)c1ccc(F)cc1. The molecule has 0 aromatic heterocycles. The molecular weight excluding hydrogens is 361 g/mol. The monoisotopic (exact) mass is 383 g/mol. The zero-order chi connectivity index (χ0) is 20.1. The van der Waals surface area contributed by atoms with Gasteiger partial charge >= 0.3 is 0 Å². The molecule has 1 saturated heterocycles. The van der Waals surface area contributed by atoms with Gasteiger partial charge in [0.25, 0.3) is 5.91 Å². The number of piperidine rings is 1. The summed E-state index contributed by atoms with van der Waals surface area (Å²) in [5.74, 6) is -1.19. The third-order valence-electron chi connectivity index (χ3n) is 4.71. The summed E-state index contributed by atoms with van der Waals surface area (Å²) in [5.41, 5.74) is 6.86. The number of anilines is 2. The molecule has 2 aromatic rings. The summed E-state index contributed by atoms with van der Waals surface area (Å²) in [6, 6.07) is 12.3. The van der Waals surface area contributed by atoms with Crippen LogP contribution in [0.5, 0.6) is 0 Å². The van der Waals surface area contributed by atoms with Crippen LogP contribution >= 0.6 is 0 Å². The molecule has 1 aliphatic heterocycles. The molecule has 0 saturated carbocycles. The van der Waals surface area contributed by atoms with Gasteiger partial charge in [-0.25, -0.2) is 4.39 Å². The Labute approximate surface area is 162 Å². The van der Waals surface area contributed by atoms with Crippen molar-refractivity contribution in [1.82, 2.24) is 0 Å². The van der Waals surface area contributed by atoms with Crippen molar-refractivity contribution in [3.8, 4) is 0 Å². The second kappa shape index (κ2) is 8.65. The molecule has 2 aromatic carbocycles. The zero-order valence-electron chi connectivity index (χ0n) is 15.4. The number of nitrogens with two attached hydrogens (primary N) is 1. The normalized spacial score (nSPS) is 14.0. The Morgan fingerprint density at radius 1 is 1.04 bits per heavy atom. The van der Waals surface area contributed by atoms with Crippen molar-refractivity contribution in [2.75, 3.05) is 22.9 Å². The van der Waals surface area contributed by atoms with E-state index in [0.717, 1.165) is 18.5 Å². The Bertz CT molecular complexity index is 865. The zero-order valence-corrected chi connectivity index (χ0v) is 15.4. The van der Waals surface area contributed by atoms with Crippen molar-refractivity contribution in [3.63, 3.8) is 0 Å². The third kappa shape index (κ3) is 4.54. The lowest BCUT2D eigenvalue weighted by molar-refractivity contribution is -0.119. The van der Waals surface area contributed by atoms with E-state index in [4.69, 9.17) is 5.73 Å². The molecule has 0 unspecified atom stereocenters. The lowest BCUT2D eigenvalue weighted by Gasteiger charge is -2.27. The molecule has 3 rings (SSSR count). The first-order valence-electron chi connectivity index (χ1n) is 9.22. The predicted molar refractivity (Wildman–Crippen MR) is 105 cm³/mol. The van der Waals surface area contributed by atoms with Crippen molar-refractivity contribution in [2.45, 2.75) is 25.7 Å². The molecule has 146 valence electrons. The number of hydrogen-bond acceptors (Lipinski definition) is 3. The van der Waals surface area contributed by atoms with Gasteiger partial charge in [-0.2, -0.15) is 0 Å². The number of hydrogen-bond donors (Lipinski definition) is 1. The van der Waals surface area contributed by atoms with Gasteiger partial charge in [-0.3, -0.25) is 14.4 Å².